The number of aromatic amines is 1. The Bertz CT molecular complexity index is 867. The highest BCUT2D eigenvalue weighted by atomic mass is 16.1. The van der Waals surface area contributed by atoms with Crippen molar-refractivity contribution in [1.82, 2.24) is 15.3 Å². The lowest BCUT2D eigenvalue weighted by Gasteiger charge is -2.17. The van der Waals surface area contributed by atoms with E-state index in [-0.39, 0.29) is 11.9 Å². The van der Waals surface area contributed by atoms with Gasteiger partial charge in [0, 0.05) is 23.8 Å². The fourth-order valence-corrected chi connectivity index (χ4v) is 2.98. The minimum atomic E-state index is -0.206. The van der Waals surface area contributed by atoms with Gasteiger partial charge >= 0.3 is 0 Å². The second-order valence-electron chi connectivity index (χ2n) is 6.33. The van der Waals surface area contributed by atoms with Crippen molar-refractivity contribution in [2.75, 3.05) is 6.54 Å². The lowest BCUT2D eigenvalue weighted by atomic mass is 10.1. The van der Waals surface area contributed by atoms with Gasteiger partial charge in [-0.15, -0.1) is 0 Å². The lowest BCUT2D eigenvalue weighted by molar-refractivity contribution is 0.0937. The summed E-state index contributed by atoms with van der Waals surface area (Å²) < 4.78 is 0. The monoisotopic (exact) mass is 320 g/mol. The van der Waals surface area contributed by atoms with Crippen LogP contribution in [0.15, 0.2) is 48.7 Å². The smallest absolute Gasteiger partial charge is 0.253 e. The summed E-state index contributed by atoms with van der Waals surface area (Å²) in [4.78, 5) is 20.3. The summed E-state index contributed by atoms with van der Waals surface area (Å²) in [5.74, 6) is 0.481. The topological polar surface area (TPSA) is 83.8 Å². The Morgan fingerprint density at radius 2 is 2.08 bits per heavy atom. The second-order valence-corrected chi connectivity index (χ2v) is 6.33. The molecule has 2 aromatic heterocycles. The number of nitrogens with two attached hydrogens (primary N) is 1. The van der Waals surface area contributed by atoms with E-state index in [2.05, 4.69) is 21.4 Å². The second kappa shape index (κ2) is 6.09. The SMILES string of the molecule is NC[C@@H](NC(=O)c1cnc2[nH]c(C3CC3)cc2c1)c1ccccc1. The molecule has 0 radical (unpaired) electrons. The number of hydrogen-bond donors (Lipinski definition) is 3. The number of hydrogen-bond acceptors (Lipinski definition) is 3. The molecule has 1 aliphatic carbocycles. The van der Waals surface area contributed by atoms with E-state index < -0.39 is 0 Å². The summed E-state index contributed by atoms with van der Waals surface area (Å²) in [5.41, 5.74) is 9.45. The Labute approximate surface area is 140 Å². The first-order valence-electron chi connectivity index (χ1n) is 8.29. The van der Waals surface area contributed by atoms with Crippen LogP contribution in [0.1, 0.15) is 46.4 Å². The van der Waals surface area contributed by atoms with Crippen LogP contribution in [0.2, 0.25) is 0 Å². The van der Waals surface area contributed by atoms with E-state index >= 15 is 0 Å². The van der Waals surface area contributed by atoms with Gasteiger partial charge in [-0.2, -0.15) is 0 Å². The first kappa shape index (κ1) is 14.9. The highest BCUT2D eigenvalue weighted by Crippen LogP contribution is 2.40. The molecular formula is C19H20N4O. The van der Waals surface area contributed by atoms with Crippen molar-refractivity contribution >= 4 is 16.9 Å². The van der Waals surface area contributed by atoms with Crippen LogP contribution in [0.3, 0.4) is 0 Å². The molecule has 5 heteroatoms. The maximum Gasteiger partial charge on any atom is 0.253 e. The molecule has 1 aliphatic rings. The molecule has 1 aromatic carbocycles. The van der Waals surface area contributed by atoms with Crippen LogP contribution in [-0.4, -0.2) is 22.4 Å². The number of H-pyrrole nitrogens is 1. The van der Waals surface area contributed by atoms with E-state index in [0.717, 1.165) is 16.6 Å². The number of nitrogens with one attached hydrogen (secondary N) is 2. The molecule has 2 heterocycles. The maximum atomic E-state index is 12.6. The molecular weight excluding hydrogens is 300 g/mol. The third-order valence-electron chi connectivity index (χ3n) is 4.51. The molecule has 3 aromatic rings. The van der Waals surface area contributed by atoms with Crippen molar-refractivity contribution < 1.29 is 4.79 Å². The number of benzene rings is 1. The number of amides is 1. The zero-order valence-electron chi connectivity index (χ0n) is 13.3. The number of carbonyl (C=O) groups excluding carboxylic acids is 1. The molecule has 0 unspecified atom stereocenters. The highest BCUT2D eigenvalue weighted by molar-refractivity contribution is 5.97. The van der Waals surface area contributed by atoms with Crippen LogP contribution in [0, 0.1) is 0 Å². The van der Waals surface area contributed by atoms with Gasteiger partial charge in [-0.25, -0.2) is 4.98 Å². The Balaban J connectivity index is 1.55. The molecule has 1 atom stereocenters. The maximum absolute atomic E-state index is 12.6. The standard InChI is InChI=1S/C19H20N4O/c20-10-17(12-4-2-1-3-5-12)23-19(24)15-8-14-9-16(13-6-7-13)22-18(14)21-11-15/h1-5,8-9,11,13,17H,6-7,10,20H2,(H,21,22)(H,23,24)/t17-/m1/s1. The lowest BCUT2D eigenvalue weighted by Crippen LogP contribution is -2.33. The molecule has 4 N–H and O–H groups in total. The van der Waals surface area contributed by atoms with Gasteiger partial charge in [0.1, 0.15) is 5.65 Å². The van der Waals surface area contributed by atoms with E-state index in [4.69, 9.17) is 5.73 Å². The Morgan fingerprint density at radius 3 is 2.79 bits per heavy atom. The third kappa shape index (κ3) is 2.90. The van der Waals surface area contributed by atoms with Gasteiger partial charge in [0.2, 0.25) is 0 Å². The molecule has 4 rings (SSSR count). The summed E-state index contributed by atoms with van der Waals surface area (Å²) in [6, 6.07) is 13.5. The van der Waals surface area contributed by atoms with E-state index in [0.29, 0.717) is 18.0 Å². The average molecular weight is 320 g/mol. The van der Waals surface area contributed by atoms with Crippen molar-refractivity contribution in [3.05, 3.63) is 65.5 Å². The fourth-order valence-electron chi connectivity index (χ4n) is 2.98. The Hall–Kier alpha value is -2.66. The molecule has 0 saturated heterocycles. The molecule has 122 valence electrons. The van der Waals surface area contributed by atoms with Crippen LogP contribution in [0.5, 0.6) is 0 Å². The predicted octanol–water partition coefficient (Wildman–Crippen LogP) is 2.87. The summed E-state index contributed by atoms with van der Waals surface area (Å²) in [5, 5.41) is 3.97. The van der Waals surface area contributed by atoms with Crippen LogP contribution in [0.25, 0.3) is 11.0 Å². The van der Waals surface area contributed by atoms with Gasteiger partial charge in [-0.1, -0.05) is 30.3 Å². The molecule has 1 amide bonds. The molecule has 0 aliphatic heterocycles. The van der Waals surface area contributed by atoms with Gasteiger partial charge in [-0.05, 0) is 36.5 Å². The minimum Gasteiger partial charge on any atom is -0.344 e. The first-order valence-corrected chi connectivity index (χ1v) is 8.29. The summed E-state index contributed by atoms with van der Waals surface area (Å²) in [6.07, 6.45) is 4.08. The summed E-state index contributed by atoms with van der Waals surface area (Å²) in [6.45, 7) is 0.349. The van der Waals surface area contributed by atoms with E-state index in [9.17, 15) is 4.79 Å². The average Bonchev–Trinajstić information content (AvgIpc) is 3.39. The molecule has 1 fully saturated rings. The van der Waals surface area contributed by atoms with Crippen molar-refractivity contribution in [3.63, 3.8) is 0 Å². The third-order valence-corrected chi connectivity index (χ3v) is 4.51. The molecule has 1 saturated carbocycles. The summed E-state index contributed by atoms with van der Waals surface area (Å²) >= 11 is 0. The zero-order valence-corrected chi connectivity index (χ0v) is 13.3. The number of aromatic nitrogens is 2. The van der Waals surface area contributed by atoms with Crippen molar-refractivity contribution in [3.8, 4) is 0 Å². The number of carbonyl (C=O) groups is 1. The largest absolute Gasteiger partial charge is 0.344 e. The van der Waals surface area contributed by atoms with Crippen molar-refractivity contribution in [1.29, 1.82) is 0 Å². The van der Waals surface area contributed by atoms with Crippen molar-refractivity contribution in [2.24, 2.45) is 5.73 Å². The molecule has 0 spiro atoms. The van der Waals surface area contributed by atoms with Crippen molar-refractivity contribution in [2.45, 2.75) is 24.8 Å². The van der Waals surface area contributed by atoms with E-state index in [1.807, 2.05) is 36.4 Å². The van der Waals surface area contributed by atoms with Crippen LogP contribution < -0.4 is 11.1 Å². The summed E-state index contributed by atoms with van der Waals surface area (Å²) in [7, 11) is 0. The quantitative estimate of drug-likeness (QED) is 0.676. The van der Waals surface area contributed by atoms with Gasteiger partial charge in [-0.3, -0.25) is 4.79 Å². The zero-order chi connectivity index (χ0) is 16.5. The number of rotatable bonds is 5. The number of pyridine rings is 1. The van der Waals surface area contributed by atoms with Gasteiger partial charge in [0.05, 0.1) is 11.6 Å². The minimum absolute atomic E-state index is 0.155. The van der Waals surface area contributed by atoms with Crippen LogP contribution in [-0.2, 0) is 0 Å². The Kier molecular flexibility index (Phi) is 3.78. The predicted molar refractivity (Wildman–Crippen MR) is 93.8 cm³/mol. The molecule has 0 bridgehead atoms. The Morgan fingerprint density at radius 1 is 1.29 bits per heavy atom. The molecule has 5 nitrogen and oxygen atoms in total. The van der Waals surface area contributed by atoms with E-state index in [1.165, 1.54) is 18.5 Å². The van der Waals surface area contributed by atoms with Crippen LogP contribution in [0.4, 0.5) is 0 Å². The van der Waals surface area contributed by atoms with Crippen LogP contribution >= 0.6 is 0 Å². The first-order chi connectivity index (χ1) is 11.7. The fraction of sp³-hybridized carbons (Fsp3) is 0.263. The van der Waals surface area contributed by atoms with E-state index in [1.54, 1.807) is 6.20 Å². The highest BCUT2D eigenvalue weighted by Gasteiger charge is 2.25. The molecule has 24 heavy (non-hydrogen) atoms. The number of nitrogens with zero attached hydrogens (tertiary/aromatic N) is 1. The van der Waals surface area contributed by atoms with Gasteiger partial charge in [0.25, 0.3) is 5.91 Å². The normalized spacial score (nSPS) is 15.4. The number of fused-ring (bicyclic) bond motifs is 1. The van der Waals surface area contributed by atoms with Gasteiger partial charge in [0.15, 0.2) is 0 Å². The van der Waals surface area contributed by atoms with Gasteiger partial charge < -0.3 is 16.0 Å².